The van der Waals surface area contributed by atoms with Gasteiger partial charge < -0.3 is 10.6 Å². The van der Waals surface area contributed by atoms with Gasteiger partial charge in [0.2, 0.25) is 0 Å². The van der Waals surface area contributed by atoms with Crippen LogP contribution in [-0.2, 0) is 0 Å². The van der Waals surface area contributed by atoms with Crippen molar-refractivity contribution >= 4 is 34.6 Å². The maximum absolute atomic E-state index is 12.3. The van der Waals surface area contributed by atoms with E-state index in [9.17, 15) is 28.1 Å². The number of carbonyl (C=O) groups is 1. The van der Waals surface area contributed by atoms with Gasteiger partial charge in [-0.15, -0.1) is 0 Å². The first-order valence-electron chi connectivity index (χ1n) is 6.82. The van der Waals surface area contributed by atoms with Crippen molar-refractivity contribution in [2.45, 2.75) is 6.18 Å². The van der Waals surface area contributed by atoms with Crippen LogP contribution in [0.5, 0.6) is 0 Å². The molecular weight excluding hydrogens is 363 g/mol. The summed E-state index contributed by atoms with van der Waals surface area (Å²) in [5.41, 5.74) is -0.684. The lowest BCUT2D eigenvalue weighted by Crippen LogP contribution is -2.22. The molecule has 0 saturated heterocycles. The van der Waals surface area contributed by atoms with E-state index in [4.69, 9.17) is 11.6 Å². The van der Waals surface area contributed by atoms with Gasteiger partial charge in [0.05, 0.1) is 16.3 Å². The van der Waals surface area contributed by atoms with Gasteiger partial charge in [-0.3, -0.25) is 14.9 Å². The number of carbonyl (C=O) groups excluding carboxylic acids is 1. The number of hydrogen-bond acceptors (Lipinski definition) is 4. The van der Waals surface area contributed by atoms with Gasteiger partial charge in [0.1, 0.15) is 12.1 Å². The predicted molar refractivity (Wildman–Crippen MR) is 87.0 cm³/mol. The highest BCUT2D eigenvalue weighted by atomic mass is 35.5. The van der Waals surface area contributed by atoms with Crippen molar-refractivity contribution in [2.75, 3.05) is 17.2 Å². The number of alkyl halides is 3. The van der Waals surface area contributed by atoms with Crippen molar-refractivity contribution in [3.63, 3.8) is 0 Å². The summed E-state index contributed by atoms with van der Waals surface area (Å²) in [7, 11) is 0. The fourth-order valence-corrected chi connectivity index (χ4v) is 2.15. The van der Waals surface area contributed by atoms with Gasteiger partial charge in [-0.05, 0) is 24.3 Å². The molecule has 2 aromatic carbocycles. The van der Waals surface area contributed by atoms with Crippen LogP contribution in [-0.4, -0.2) is 23.6 Å². The first kappa shape index (κ1) is 18.5. The fourth-order valence-electron chi connectivity index (χ4n) is 1.98. The summed E-state index contributed by atoms with van der Waals surface area (Å²) in [5.74, 6) is -0.843. The van der Waals surface area contributed by atoms with Crippen molar-refractivity contribution in [1.82, 2.24) is 0 Å². The Labute approximate surface area is 144 Å². The number of para-hydroxylation sites is 2. The average Bonchev–Trinajstić information content (AvgIpc) is 2.53. The minimum absolute atomic E-state index is 0.0322. The molecule has 2 aromatic rings. The van der Waals surface area contributed by atoms with E-state index in [1.165, 1.54) is 36.4 Å². The van der Waals surface area contributed by atoms with Crippen LogP contribution >= 0.6 is 11.6 Å². The van der Waals surface area contributed by atoms with Crippen LogP contribution in [0.15, 0.2) is 42.5 Å². The number of nitro groups is 1. The highest BCUT2D eigenvalue weighted by molar-refractivity contribution is 6.31. The number of anilines is 2. The molecule has 0 radical (unpaired) electrons. The molecule has 0 heterocycles. The Balaban J connectivity index is 2.26. The van der Waals surface area contributed by atoms with E-state index in [-0.39, 0.29) is 22.0 Å². The molecule has 132 valence electrons. The van der Waals surface area contributed by atoms with E-state index in [1.54, 1.807) is 0 Å². The smallest absolute Gasteiger partial charge is 0.375 e. The third-order valence-electron chi connectivity index (χ3n) is 3.06. The Hall–Kier alpha value is -2.81. The quantitative estimate of drug-likeness (QED) is 0.598. The van der Waals surface area contributed by atoms with Gasteiger partial charge in [-0.1, -0.05) is 23.7 Å². The molecule has 0 bridgehead atoms. The Bertz CT molecular complexity index is 812. The maximum atomic E-state index is 12.3. The number of nitrogens with one attached hydrogen (secondary N) is 2. The van der Waals surface area contributed by atoms with E-state index in [0.717, 1.165) is 6.07 Å². The number of amides is 1. The zero-order chi connectivity index (χ0) is 18.6. The first-order chi connectivity index (χ1) is 11.7. The summed E-state index contributed by atoms with van der Waals surface area (Å²) in [6.45, 7) is -1.29. The summed E-state index contributed by atoms with van der Waals surface area (Å²) < 4.78 is 37.0. The average molecular weight is 374 g/mol. The summed E-state index contributed by atoms with van der Waals surface area (Å²) in [4.78, 5) is 22.6. The van der Waals surface area contributed by atoms with Gasteiger partial charge in [0, 0.05) is 11.1 Å². The molecule has 2 N–H and O–H groups in total. The third-order valence-corrected chi connectivity index (χ3v) is 3.29. The lowest BCUT2D eigenvalue weighted by atomic mass is 10.1. The molecule has 0 unspecified atom stereocenters. The Morgan fingerprint density at radius 3 is 2.40 bits per heavy atom. The number of rotatable bonds is 5. The summed E-state index contributed by atoms with van der Waals surface area (Å²) in [6, 6.07) is 9.20. The highest BCUT2D eigenvalue weighted by Crippen LogP contribution is 2.27. The number of hydrogen-bond donors (Lipinski definition) is 2. The van der Waals surface area contributed by atoms with E-state index in [1.807, 2.05) is 0 Å². The predicted octanol–water partition coefficient (Wildman–Crippen LogP) is 4.47. The van der Waals surface area contributed by atoms with Crippen LogP contribution in [0.25, 0.3) is 0 Å². The topological polar surface area (TPSA) is 84.3 Å². The zero-order valence-corrected chi connectivity index (χ0v) is 13.2. The zero-order valence-electron chi connectivity index (χ0n) is 12.4. The lowest BCUT2D eigenvalue weighted by Gasteiger charge is -2.14. The van der Waals surface area contributed by atoms with E-state index in [2.05, 4.69) is 10.6 Å². The lowest BCUT2D eigenvalue weighted by molar-refractivity contribution is -0.385. The van der Waals surface area contributed by atoms with Crippen LogP contribution in [0.4, 0.5) is 30.2 Å². The monoisotopic (exact) mass is 373 g/mol. The van der Waals surface area contributed by atoms with Crippen molar-refractivity contribution in [3.05, 3.63) is 63.2 Å². The van der Waals surface area contributed by atoms with Crippen LogP contribution in [0, 0.1) is 10.1 Å². The van der Waals surface area contributed by atoms with E-state index < -0.39 is 29.2 Å². The molecule has 10 heteroatoms. The molecule has 6 nitrogen and oxygen atoms in total. The third kappa shape index (κ3) is 5.08. The van der Waals surface area contributed by atoms with Gasteiger partial charge in [-0.25, -0.2) is 0 Å². The molecule has 0 atom stereocenters. The minimum Gasteiger partial charge on any atom is -0.375 e. The molecular formula is C15H11ClF3N3O3. The van der Waals surface area contributed by atoms with Gasteiger partial charge >= 0.3 is 6.18 Å². The van der Waals surface area contributed by atoms with Crippen molar-refractivity contribution in [2.24, 2.45) is 0 Å². The van der Waals surface area contributed by atoms with Gasteiger partial charge in [0.25, 0.3) is 11.6 Å². The van der Waals surface area contributed by atoms with Crippen LogP contribution < -0.4 is 10.6 Å². The maximum Gasteiger partial charge on any atom is 0.405 e. The van der Waals surface area contributed by atoms with Crippen molar-refractivity contribution in [1.29, 1.82) is 0 Å². The van der Waals surface area contributed by atoms with Crippen LogP contribution in [0.3, 0.4) is 0 Å². The molecule has 0 aliphatic carbocycles. The van der Waals surface area contributed by atoms with Gasteiger partial charge in [0.15, 0.2) is 0 Å². The summed E-state index contributed by atoms with van der Waals surface area (Å²) in [5, 5.41) is 15.6. The second-order valence-corrected chi connectivity index (χ2v) is 5.32. The summed E-state index contributed by atoms with van der Waals surface area (Å²) in [6.07, 6.45) is -4.44. The Morgan fingerprint density at radius 1 is 1.16 bits per heavy atom. The second-order valence-electron chi connectivity index (χ2n) is 4.89. The Kier molecular flexibility index (Phi) is 5.48. The molecule has 0 aliphatic heterocycles. The second kappa shape index (κ2) is 7.39. The highest BCUT2D eigenvalue weighted by Gasteiger charge is 2.27. The molecule has 0 fully saturated rings. The Morgan fingerprint density at radius 2 is 1.80 bits per heavy atom. The largest absolute Gasteiger partial charge is 0.405 e. The van der Waals surface area contributed by atoms with Crippen LogP contribution in [0.1, 0.15) is 10.4 Å². The molecule has 25 heavy (non-hydrogen) atoms. The minimum atomic E-state index is -4.44. The standard InChI is InChI=1S/C15H11ClF3N3O3/c16-9-5-6-10(13(7-9)22(24)25)14(23)21-12-4-2-1-3-11(12)20-8-15(17,18)19/h1-7,20H,8H2,(H,21,23). The first-order valence-corrected chi connectivity index (χ1v) is 7.20. The van der Waals surface area contributed by atoms with Crippen LogP contribution in [0.2, 0.25) is 5.02 Å². The molecule has 0 saturated carbocycles. The number of nitro benzene ring substituents is 1. The number of benzene rings is 2. The number of nitrogens with zero attached hydrogens (tertiary/aromatic N) is 1. The molecule has 0 aromatic heterocycles. The van der Waals surface area contributed by atoms with Crippen molar-refractivity contribution < 1.29 is 22.9 Å². The molecule has 2 rings (SSSR count). The van der Waals surface area contributed by atoms with Gasteiger partial charge in [-0.2, -0.15) is 13.2 Å². The van der Waals surface area contributed by atoms with E-state index in [0.29, 0.717) is 0 Å². The fraction of sp³-hybridized carbons (Fsp3) is 0.133. The molecule has 0 spiro atoms. The summed E-state index contributed by atoms with van der Waals surface area (Å²) >= 11 is 5.68. The molecule has 1 amide bonds. The SMILES string of the molecule is O=C(Nc1ccccc1NCC(F)(F)F)c1ccc(Cl)cc1[N+](=O)[O-]. The molecule has 0 aliphatic rings. The van der Waals surface area contributed by atoms with Crippen molar-refractivity contribution in [3.8, 4) is 0 Å². The number of halogens is 4. The van der Waals surface area contributed by atoms with E-state index >= 15 is 0 Å². The normalized spacial score (nSPS) is 11.0.